The molecule has 0 spiro atoms. The highest BCUT2D eigenvalue weighted by Gasteiger charge is 2.08. The second-order valence-electron chi connectivity index (χ2n) is 4.15. The van der Waals surface area contributed by atoms with Gasteiger partial charge in [-0.05, 0) is 19.8 Å². The lowest BCUT2D eigenvalue weighted by Crippen LogP contribution is -2.22. The van der Waals surface area contributed by atoms with Crippen molar-refractivity contribution in [3.8, 4) is 0 Å². The average Bonchev–Trinajstić information content (AvgIpc) is 2.16. The summed E-state index contributed by atoms with van der Waals surface area (Å²) in [6.45, 7) is 8.49. The van der Waals surface area contributed by atoms with Gasteiger partial charge in [0.25, 0.3) is 0 Å². The van der Waals surface area contributed by atoms with Gasteiger partial charge in [0.1, 0.15) is 5.82 Å². The predicted octanol–water partition coefficient (Wildman–Crippen LogP) is 2.28. The van der Waals surface area contributed by atoms with Crippen molar-refractivity contribution in [2.75, 3.05) is 17.7 Å². The molecule has 0 bridgehead atoms. The number of anilines is 2. The molecule has 0 aliphatic heterocycles. The average molecular weight is 208 g/mol. The van der Waals surface area contributed by atoms with Gasteiger partial charge < -0.3 is 10.6 Å². The maximum atomic E-state index is 4.34. The Hall–Kier alpha value is -1.32. The second kappa shape index (κ2) is 4.96. The van der Waals surface area contributed by atoms with Crippen LogP contribution >= 0.6 is 0 Å². The van der Waals surface area contributed by atoms with Crippen molar-refractivity contribution in [1.82, 2.24) is 9.97 Å². The summed E-state index contributed by atoms with van der Waals surface area (Å²) in [5.41, 5.74) is 0.966. The molecular weight excluding hydrogens is 188 g/mol. The first kappa shape index (κ1) is 11.8. The van der Waals surface area contributed by atoms with Crippen molar-refractivity contribution in [1.29, 1.82) is 0 Å². The van der Waals surface area contributed by atoms with Crippen LogP contribution in [0.5, 0.6) is 0 Å². The first-order valence-corrected chi connectivity index (χ1v) is 5.33. The van der Waals surface area contributed by atoms with Crippen molar-refractivity contribution < 1.29 is 0 Å². The van der Waals surface area contributed by atoms with E-state index in [1.165, 1.54) is 0 Å². The van der Waals surface area contributed by atoms with E-state index in [1.54, 1.807) is 0 Å². The minimum Gasteiger partial charge on any atom is -0.367 e. The van der Waals surface area contributed by atoms with E-state index in [9.17, 15) is 0 Å². The molecule has 0 fully saturated rings. The molecule has 1 aromatic rings. The molecule has 4 nitrogen and oxygen atoms in total. The molecule has 1 atom stereocenters. The quantitative estimate of drug-likeness (QED) is 0.797. The van der Waals surface area contributed by atoms with Gasteiger partial charge in [0.15, 0.2) is 0 Å². The number of hydrogen-bond acceptors (Lipinski definition) is 4. The van der Waals surface area contributed by atoms with Crippen molar-refractivity contribution in [2.24, 2.45) is 5.92 Å². The summed E-state index contributed by atoms with van der Waals surface area (Å²) in [4.78, 5) is 8.58. The molecule has 0 saturated heterocycles. The summed E-state index contributed by atoms with van der Waals surface area (Å²) < 4.78 is 0. The summed E-state index contributed by atoms with van der Waals surface area (Å²) in [6.07, 6.45) is 0. The van der Waals surface area contributed by atoms with Crippen LogP contribution in [0, 0.1) is 12.8 Å². The number of rotatable bonds is 4. The monoisotopic (exact) mass is 208 g/mol. The van der Waals surface area contributed by atoms with Crippen LogP contribution < -0.4 is 10.6 Å². The van der Waals surface area contributed by atoms with E-state index in [4.69, 9.17) is 0 Å². The van der Waals surface area contributed by atoms with Crippen LogP contribution in [0.2, 0.25) is 0 Å². The molecule has 1 rings (SSSR count). The van der Waals surface area contributed by atoms with Gasteiger partial charge >= 0.3 is 0 Å². The normalized spacial score (nSPS) is 12.7. The summed E-state index contributed by atoms with van der Waals surface area (Å²) in [7, 11) is 1.82. The van der Waals surface area contributed by atoms with Crippen LogP contribution in [0.4, 0.5) is 11.8 Å². The second-order valence-corrected chi connectivity index (χ2v) is 4.15. The van der Waals surface area contributed by atoms with E-state index in [1.807, 2.05) is 20.0 Å². The highest BCUT2D eigenvalue weighted by molar-refractivity contribution is 5.42. The number of nitrogens with one attached hydrogen (secondary N) is 2. The molecule has 0 aliphatic carbocycles. The maximum absolute atomic E-state index is 4.34. The van der Waals surface area contributed by atoms with Crippen molar-refractivity contribution in [2.45, 2.75) is 33.7 Å². The largest absolute Gasteiger partial charge is 0.367 e. The fourth-order valence-electron chi connectivity index (χ4n) is 1.15. The highest BCUT2D eigenvalue weighted by atomic mass is 15.1. The summed E-state index contributed by atoms with van der Waals surface area (Å²) in [6, 6.07) is 2.36. The Morgan fingerprint density at radius 2 is 1.87 bits per heavy atom. The summed E-state index contributed by atoms with van der Waals surface area (Å²) in [5, 5.41) is 6.31. The van der Waals surface area contributed by atoms with Gasteiger partial charge in [-0.2, -0.15) is 4.98 Å². The van der Waals surface area contributed by atoms with Gasteiger partial charge in [0.2, 0.25) is 5.95 Å². The molecular formula is C11H20N4. The predicted molar refractivity (Wildman–Crippen MR) is 64.2 cm³/mol. The third-order valence-electron chi connectivity index (χ3n) is 2.45. The molecule has 0 amide bonds. The number of aryl methyl sites for hydroxylation is 1. The number of aromatic nitrogens is 2. The maximum Gasteiger partial charge on any atom is 0.224 e. The lowest BCUT2D eigenvalue weighted by molar-refractivity contribution is 0.558. The SMILES string of the molecule is CNc1nc(C)cc(NC(C)C(C)C)n1. The van der Waals surface area contributed by atoms with Crippen LogP contribution in [0.3, 0.4) is 0 Å². The first-order valence-electron chi connectivity index (χ1n) is 5.33. The number of nitrogens with zero attached hydrogens (tertiary/aromatic N) is 2. The lowest BCUT2D eigenvalue weighted by Gasteiger charge is -2.18. The minimum atomic E-state index is 0.406. The van der Waals surface area contributed by atoms with Gasteiger partial charge in [-0.3, -0.25) is 0 Å². The fraction of sp³-hybridized carbons (Fsp3) is 0.636. The molecule has 0 aromatic carbocycles. The van der Waals surface area contributed by atoms with E-state index >= 15 is 0 Å². The fourth-order valence-corrected chi connectivity index (χ4v) is 1.15. The Morgan fingerprint density at radius 1 is 1.20 bits per heavy atom. The van der Waals surface area contributed by atoms with Gasteiger partial charge in [-0.1, -0.05) is 13.8 Å². The Bertz CT molecular complexity index is 322. The third kappa shape index (κ3) is 3.38. The molecule has 0 radical (unpaired) electrons. The standard InChI is InChI=1S/C11H20N4/c1-7(2)9(4)14-10-6-8(3)13-11(12-5)15-10/h6-7,9H,1-5H3,(H2,12,13,14,15). The molecule has 84 valence electrons. The Kier molecular flexibility index (Phi) is 3.88. The molecule has 2 N–H and O–H groups in total. The smallest absolute Gasteiger partial charge is 0.224 e. The molecule has 15 heavy (non-hydrogen) atoms. The van der Waals surface area contributed by atoms with Crippen LogP contribution in [-0.2, 0) is 0 Å². The molecule has 1 heterocycles. The zero-order valence-electron chi connectivity index (χ0n) is 10.1. The molecule has 1 aromatic heterocycles. The van der Waals surface area contributed by atoms with Gasteiger partial charge in [0, 0.05) is 24.8 Å². The molecule has 4 heteroatoms. The van der Waals surface area contributed by atoms with E-state index in [-0.39, 0.29) is 0 Å². The summed E-state index contributed by atoms with van der Waals surface area (Å²) >= 11 is 0. The summed E-state index contributed by atoms with van der Waals surface area (Å²) in [5.74, 6) is 2.12. The molecule has 1 unspecified atom stereocenters. The van der Waals surface area contributed by atoms with Crippen molar-refractivity contribution in [3.63, 3.8) is 0 Å². The number of hydrogen-bond donors (Lipinski definition) is 2. The zero-order valence-corrected chi connectivity index (χ0v) is 10.1. The Balaban J connectivity index is 2.80. The van der Waals surface area contributed by atoms with Crippen LogP contribution in [0.1, 0.15) is 26.5 Å². The Labute approximate surface area is 91.5 Å². The van der Waals surface area contributed by atoms with E-state index < -0.39 is 0 Å². The highest BCUT2D eigenvalue weighted by Crippen LogP contribution is 2.13. The van der Waals surface area contributed by atoms with Crippen molar-refractivity contribution >= 4 is 11.8 Å². The third-order valence-corrected chi connectivity index (χ3v) is 2.45. The molecule has 0 aliphatic rings. The van der Waals surface area contributed by atoms with Gasteiger partial charge in [-0.15, -0.1) is 0 Å². The van der Waals surface area contributed by atoms with Crippen LogP contribution in [0.15, 0.2) is 6.07 Å². The van der Waals surface area contributed by atoms with Crippen LogP contribution in [0.25, 0.3) is 0 Å². The van der Waals surface area contributed by atoms with E-state index in [2.05, 4.69) is 41.4 Å². The van der Waals surface area contributed by atoms with Crippen LogP contribution in [-0.4, -0.2) is 23.1 Å². The van der Waals surface area contributed by atoms with E-state index in [0.29, 0.717) is 17.9 Å². The van der Waals surface area contributed by atoms with Crippen molar-refractivity contribution in [3.05, 3.63) is 11.8 Å². The molecule has 0 saturated carbocycles. The lowest BCUT2D eigenvalue weighted by atomic mass is 10.1. The first-order chi connectivity index (χ1) is 7.02. The minimum absolute atomic E-state index is 0.406. The van der Waals surface area contributed by atoms with Gasteiger partial charge in [-0.25, -0.2) is 4.98 Å². The van der Waals surface area contributed by atoms with E-state index in [0.717, 1.165) is 11.5 Å². The topological polar surface area (TPSA) is 49.8 Å². The zero-order chi connectivity index (χ0) is 11.4. The Morgan fingerprint density at radius 3 is 2.40 bits per heavy atom. The van der Waals surface area contributed by atoms with Gasteiger partial charge in [0.05, 0.1) is 0 Å².